The van der Waals surface area contributed by atoms with E-state index in [9.17, 15) is 0 Å². The fraction of sp³-hybridized carbons (Fsp3) is 0. The van der Waals surface area contributed by atoms with Crippen LogP contribution in [0.5, 0.6) is 0 Å². The molecule has 0 fully saturated rings. The maximum absolute atomic E-state index is 2.64. The summed E-state index contributed by atoms with van der Waals surface area (Å²) in [6, 6.07) is 120. The molecule has 0 unspecified atom stereocenters. The molecule has 0 amide bonds. The molecule has 16 aromatic carbocycles. The third-order valence-corrected chi connectivity index (χ3v) is 22.8. The minimum absolute atomic E-state index is 0.115. The van der Waals surface area contributed by atoms with Gasteiger partial charge in [-0.05, 0) is 162 Å². The number of benzene rings is 16. The Hall–Kier alpha value is -12.8. The van der Waals surface area contributed by atoms with Crippen molar-refractivity contribution in [1.82, 2.24) is 18.3 Å². The highest BCUT2D eigenvalue weighted by Gasteiger charge is 2.46. The third-order valence-electron chi connectivity index (χ3n) is 22.8. The van der Waals surface area contributed by atoms with Crippen molar-refractivity contribution in [2.45, 2.75) is 0 Å². The Morgan fingerprint density at radius 1 is 0.173 bits per heavy atom. The van der Waals surface area contributed by atoms with Crippen molar-refractivity contribution in [3.63, 3.8) is 0 Å². The molecular weight excluding hydrogens is 1190 g/mol. The predicted molar refractivity (Wildman–Crippen MR) is 415 cm³/mol. The van der Waals surface area contributed by atoms with E-state index in [0.717, 1.165) is 22.7 Å². The van der Waals surface area contributed by atoms with E-state index < -0.39 is 0 Å². The number of anilines is 6. The Labute approximate surface area is 562 Å². The molecule has 4 aromatic heterocycles. The summed E-state index contributed by atoms with van der Waals surface area (Å²) in [4.78, 5) is 5.21. The number of hydrogen-bond acceptors (Lipinski definition) is 2. The van der Waals surface area contributed by atoms with Gasteiger partial charge < -0.3 is 28.1 Å². The van der Waals surface area contributed by atoms with Crippen LogP contribution in [0.2, 0.25) is 0 Å². The average molecular weight is 1240 g/mol. The summed E-state index contributed by atoms with van der Waals surface area (Å²) >= 11 is 0. The predicted octanol–water partition coefficient (Wildman–Crippen LogP) is 18.8. The molecule has 4 aliphatic heterocycles. The van der Waals surface area contributed by atoms with E-state index >= 15 is 0 Å². The fourth-order valence-corrected chi connectivity index (χ4v) is 19.1. The van der Waals surface area contributed by atoms with Crippen molar-refractivity contribution in [3.05, 3.63) is 315 Å². The smallest absolute Gasteiger partial charge is 0.252 e. The van der Waals surface area contributed by atoms with Gasteiger partial charge in [-0.1, -0.05) is 218 Å². The van der Waals surface area contributed by atoms with Crippen LogP contribution in [0.25, 0.3) is 142 Å². The van der Waals surface area contributed by atoms with E-state index in [1.54, 1.807) is 0 Å². The van der Waals surface area contributed by atoms with Crippen LogP contribution < -0.4 is 42.6 Å². The first-order valence-electron chi connectivity index (χ1n) is 34.2. The van der Waals surface area contributed by atoms with Crippen LogP contribution in [0.15, 0.2) is 315 Å². The molecule has 8 heteroatoms. The molecule has 20 aromatic rings. The summed E-state index contributed by atoms with van der Waals surface area (Å²) < 4.78 is 10.2. The van der Waals surface area contributed by atoms with E-state index in [-0.39, 0.29) is 13.4 Å². The first-order valence-corrected chi connectivity index (χ1v) is 34.2. The first kappa shape index (κ1) is 51.6. The van der Waals surface area contributed by atoms with Gasteiger partial charge in [0.05, 0.1) is 44.5 Å². The first-order chi connectivity index (χ1) is 48.7. The van der Waals surface area contributed by atoms with Crippen molar-refractivity contribution < 1.29 is 0 Å². The standard InChI is InChI=1S/C90H52B2N6/c1-3-23-53(24-4-1)93-81-51-69-57-27-7-8-28-58(57)70-52-82-74(50-68(70)67(69)49-73(81)91-71-37-21-35-65-63-33-13-19-43-79(63)97(89(65)71)85-47-55(45-83(93)87(85)91)95-75-39-15-9-29-59(75)60-30-10-16-40-76(60)95)92-72-38-22-36-66-64-34-14-20-44-80(64)98(90(66)72)86-48-56(46-84(88(86)92)94(82)54-25-5-2-6-26-54)96-77-41-17-11-31-61(77)62-32-12-18-42-78(62)96/h1-52H. The van der Waals surface area contributed by atoms with Crippen molar-refractivity contribution >= 4 is 200 Å². The molecular formula is C90H52B2N6. The van der Waals surface area contributed by atoms with Gasteiger partial charge >= 0.3 is 0 Å². The van der Waals surface area contributed by atoms with Crippen LogP contribution in [0.3, 0.4) is 0 Å². The second kappa shape index (κ2) is 18.6. The van der Waals surface area contributed by atoms with Gasteiger partial charge in [0, 0.05) is 99.6 Å². The number of hydrogen-bond donors (Lipinski definition) is 0. The van der Waals surface area contributed by atoms with E-state index in [4.69, 9.17) is 0 Å². The summed E-state index contributed by atoms with van der Waals surface area (Å²) in [5.41, 5.74) is 29.2. The molecule has 0 N–H and O–H groups in total. The summed E-state index contributed by atoms with van der Waals surface area (Å²) in [7, 11) is 0. The summed E-state index contributed by atoms with van der Waals surface area (Å²) in [6.07, 6.45) is 0. The molecule has 0 aliphatic carbocycles. The molecule has 0 spiro atoms. The Balaban J connectivity index is 0.833. The minimum Gasteiger partial charge on any atom is -0.311 e. The Morgan fingerprint density at radius 3 is 0.827 bits per heavy atom. The topological polar surface area (TPSA) is 26.2 Å². The molecule has 448 valence electrons. The highest BCUT2D eigenvalue weighted by atomic mass is 15.2. The van der Waals surface area contributed by atoms with Gasteiger partial charge in [0.15, 0.2) is 0 Å². The molecule has 4 aliphatic rings. The zero-order valence-corrected chi connectivity index (χ0v) is 52.9. The molecule has 98 heavy (non-hydrogen) atoms. The van der Waals surface area contributed by atoms with Crippen molar-refractivity contribution in [1.29, 1.82) is 0 Å². The molecule has 0 atom stereocenters. The molecule has 0 radical (unpaired) electrons. The number of para-hydroxylation sites is 10. The van der Waals surface area contributed by atoms with E-state index in [0.29, 0.717) is 0 Å². The maximum atomic E-state index is 2.64. The highest BCUT2D eigenvalue weighted by Crippen LogP contribution is 2.50. The SMILES string of the molecule is c1ccc(N2c3cc4c5ccccc5c5cc6c(cc5c4cc3B3c4c2cc(-n2c5ccccc5c5ccccc52)cc4-n2c4ccccc4c4cccc3c42)B2c3c(cc(-n4c5ccccc5c5ccccc54)cc3-n3c4ccccc4c4cccc2c43)N6c2ccccc2)cc1. The van der Waals surface area contributed by atoms with Crippen LogP contribution in [-0.4, -0.2) is 31.7 Å². The van der Waals surface area contributed by atoms with Crippen LogP contribution >= 0.6 is 0 Å². The van der Waals surface area contributed by atoms with Crippen molar-refractivity contribution in [3.8, 4) is 22.7 Å². The quantitative estimate of drug-likeness (QED) is 0.130. The number of rotatable bonds is 4. The Kier molecular flexibility index (Phi) is 9.78. The second-order valence-corrected chi connectivity index (χ2v) is 27.4. The summed E-state index contributed by atoms with van der Waals surface area (Å²) in [5.74, 6) is 0. The summed E-state index contributed by atoms with van der Waals surface area (Å²) in [5, 5.41) is 17.5. The minimum atomic E-state index is -0.115. The van der Waals surface area contributed by atoms with Gasteiger partial charge in [0.2, 0.25) is 0 Å². The van der Waals surface area contributed by atoms with E-state index in [1.807, 2.05) is 0 Å². The maximum Gasteiger partial charge on any atom is 0.252 e. The normalized spacial score (nSPS) is 13.4. The van der Waals surface area contributed by atoms with E-state index in [1.165, 1.54) is 186 Å². The molecule has 24 rings (SSSR count). The van der Waals surface area contributed by atoms with Gasteiger partial charge in [-0.3, -0.25) is 0 Å². The molecule has 8 heterocycles. The van der Waals surface area contributed by atoms with Crippen molar-refractivity contribution in [2.24, 2.45) is 0 Å². The number of fused-ring (bicyclic) bond motifs is 26. The third kappa shape index (κ3) is 6.41. The Morgan fingerprint density at radius 2 is 0.459 bits per heavy atom. The molecule has 0 saturated heterocycles. The van der Waals surface area contributed by atoms with Crippen LogP contribution in [-0.2, 0) is 0 Å². The van der Waals surface area contributed by atoms with Crippen LogP contribution in [0.4, 0.5) is 34.1 Å². The van der Waals surface area contributed by atoms with E-state index in [2.05, 4.69) is 344 Å². The molecule has 6 nitrogen and oxygen atoms in total. The van der Waals surface area contributed by atoms with Gasteiger partial charge in [-0.25, -0.2) is 0 Å². The van der Waals surface area contributed by atoms with Crippen molar-refractivity contribution in [2.75, 3.05) is 9.80 Å². The largest absolute Gasteiger partial charge is 0.311 e. The zero-order valence-electron chi connectivity index (χ0n) is 52.9. The lowest BCUT2D eigenvalue weighted by Gasteiger charge is -2.41. The number of nitrogens with zero attached hydrogens (tertiary/aromatic N) is 6. The molecule has 0 bridgehead atoms. The van der Waals surface area contributed by atoms with Crippen LogP contribution in [0, 0.1) is 0 Å². The average Bonchev–Trinajstić information content (AvgIpc) is 1.33. The van der Waals surface area contributed by atoms with Gasteiger partial charge in [-0.2, -0.15) is 0 Å². The van der Waals surface area contributed by atoms with Gasteiger partial charge in [0.25, 0.3) is 13.4 Å². The number of aromatic nitrogens is 4. The highest BCUT2D eigenvalue weighted by molar-refractivity contribution is 7.01. The van der Waals surface area contributed by atoms with Crippen LogP contribution in [0.1, 0.15) is 0 Å². The van der Waals surface area contributed by atoms with Gasteiger partial charge in [-0.15, -0.1) is 0 Å². The summed E-state index contributed by atoms with van der Waals surface area (Å²) in [6.45, 7) is -0.230. The Bertz CT molecular complexity index is 6510. The lowest BCUT2D eigenvalue weighted by Crippen LogP contribution is -2.60. The molecule has 0 saturated carbocycles. The lowest BCUT2D eigenvalue weighted by molar-refractivity contribution is 1.13. The fourth-order valence-electron chi connectivity index (χ4n) is 19.1. The lowest BCUT2D eigenvalue weighted by atomic mass is 9.33. The monoisotopic (exact) mass is 1240 g/mol. The zero-order chi connectivity index (χ0) is 63.3. The van der Waals surface area contributed by atoms with Gasteiger partial charge in [0.1, 0.15) is 0 Å². The second-order valence-electron chi connectivity index (χ2n) is 27.4.